The second kappa shape index (κ2) is 7.43. The standard InChI is InChI=1S/C17H21N3O/c1-20(2)16-10-8-14(9-11-16)17(21)19-13-5-7-15-6-3-4-12-18-15/h3-4,6,8-12H,5,7,13H2,1-2H3,(H,19,21). The minimum Gasteiger partial charge on any atom is -0.378 e. The average molecular weight is 283 g/mol. The van der Waals surface area contributed by atoms with Crippen LogP contribution in [0.3, 0.4) is 0 Å². The molecule has 4 nitrogen and oxygen atoms in total. The highest BCUT2D eigenvalue weighted by molar-refractivity contribution is 5.94. The normalized spacial score (nSPS) is 10.2. The van der Waals surface area contributed by atoms with Crippen LogP contribution in [0.5, 0.6) is 0 Å². The number of hydrogen-bond donors (Lipinski definition) is 1. The molecule has 1 aromatic heterocycles. The number of hydrogen-bond acceptors (Lipinski definition) is 3. The molecule has 0 atom stereocenters. The van der Waals surface area contributed by atoms with Crippen LogP contribution < -0.4 is 10.2 Å². The van der Waals surface area contributed by atoms with Crippen molar-refractivity contribution >= 4 is 11.6 Å². The van der Waals surface area contributed by atoms with Crippen LogP contribution in [0, 0.1) is 0 Å². The first-order valence-electron chi connectivity index (χ1n) is 7.12. The summed E-state index contributed by atoms with van der Waals surface area (Å²) in [5.74, 6) is -0.0265. The number of anilines is 1. The lowest BCUT2D eigenvalue weighted by atomic mass is 10.1. The summed E-state index contributed by atoms with van der Waals surface area (Å²) in [6, 6.07) is 13.5. The van der Waals surface area contributed by atoms with Crippen LogP contribution in [-0.2, 0) is 6.42 Å². The highest BCUT2D eigenvalue weighted by Gasteiger charge is 2.05. The van der Waals surface area contributed by atoms with Gasteiger partial charge in [0, 0.05) is 43.8 Å². The Hall–Kier alpha value is -2.36. The van der Waals surface area contributed by atoms with Crippen LogP contribution in [0.2, 0.25) is 0 Å². The van der Waals surface area contributed by atoms with Crippen molar-refractivity contribution in [3.63, 3.8) is 0 Å². The fourth-order valence-electron chi connectivity index (χ4n) is 2.03. The molecule has 0 spiro atoms. The lowest BCUT2D eigenvalue weighted by Crippen LogP contribution is -2.24. The quantitative estimate of drug-likeness (QED) is 0.829. The van der Waals surface area contributed by atoms with E-state index < -0.39 is 0 Å². The fraction of sp³-hybridized carbons (Fsp3) is 0.294. The molecule has 0 fully saturated rings. The van der Waals surface area contributed by atoms with Crippen molar-refractivity contribution in [3.05, 3.63) is 59.9 Å². The summed E-state index contributed by atoms with van der Waals surface area (Å²) in [5, 5.41) is 2.94. The molecule has 0 unspecified atom stereocenters. The van der Waals surface area contributed by atoms with E-state index in [1.807, 2.05) is 61.5 Å². The SMILES string of the molecule is CN(C)c1ccc(C(=O)NCCCc2ccccn2)cc1. The van der Waals surface area contributed by atoms with E-state index in [0.717, 1.165) is 24.2 Å². The zero-order valence-corrected chi connectivity index (χ0v) is 12.5. The Bertz CT molecular complexity index is 564. The molecule has 0 aliphatic heterocycles. The van der Waals surface area contributed by atoms with Crippen LogP contribution in [-0.4, -0.2) is 31.5 Å². The summed E-state index contributed by atoms with van der Waals surface area (Å²) in [5.41, 5.74) is 2.84. The number of benzene rings is 1. The van der Waals surface area contributed by atoms with E-state index >= 15 is 0 Å². The minimum atomic E-state index is -0.0265. The molecule has 1 heterocycles. The van der Waals surface area contributed by atoms with Gasteiger partial charge in [-0.2, -0.15) is 0 Å². The third-order valence-electron chi connectivity index (χ3n) is 3.27. The maximum absolute atomic E-state index is 12.0. The first-order valence-corrected chi connectivity index (χ1v) is 7.12. The van der Waals surface area contributed by atoms with Gasteiger partial charge < -0.3 is 10.2 Å². The van der Waals surface area contributed by atoms with E-state index in [1.54, 1.807) is 6.20 Å². The van der Waals surface area contributed by atoms with Gasteiger partial charge in [0.2, 0.25) is 0 Å². The van der Waals surface area contributed by atoms with Crippen molar-refractivity contribution in [2.45, 2.75) is 12.8 Å². The van der Waals surface area contributed by atoms with Gasteiger partial charge in [-0.25, -0.2) is 0 Å². The Balaban J connectivity index is 1.76. The predicted octanol–water partition coefficient (Wildman–Crippen LogP) is 2.51. The van der Waals surface area contributed by atoms with Crippen molar-refractivity contribution in [3.8, 4) is 0 Å². The van der Waals surface area contributed by atoms with Crippen LogP contribution in [0.4, 0.5) is 5.69 Å². The van der Waals surface area contributed by atoms with E-state index in [4.69, 9.17) is 0 Å². The average Bonchev–Trinajstić information content (AvgIpc) is 2.52. The van der Waals surface area contributed by atoms with Crippen LogP contribution in [0.15, 0.2) is 48.7 Å². The van der Waals surface area contributed by atoms with Crippen molar-refractivity contribution in [1.29, 1.82) is 0 Å². The molecule has 0 saturated heterocycles. The van der Waals surface area contributed by atoms with Gasteiger partial charge in [-0.3, -0.25) is 9.78 Å². The maximum Gasteiger partial charge on any atom is 0.251 e. The lowest BCUT2D eigenvalue weighted by molar-refractivity contribution is 0.0953. The number of amides is 1. The number of nitrogens with one attached hydrogen (secondary N) is 1. The van der Waals surface area contributed by atoms with E-state index in [-0.39, 0.29) is 5.91 Å². The van der Waals surface area contributed by atoms with Crippen LogP contribution in [0.25, 0.3) is 0 Å². The summed E-state index contributed by atoms with van der Waals surface area (Å²) >= 11 is 0. The Morgan fingerprint density at radius 1 is 1.14 bits per heavy atom. The smallest absolute Gasteiger partial charge is 0.251 e. The number of aromatic nitrogens is 1. The van der Waals surface area contributed by atoms with Crippen LogP contribution in [0.1, 0.15) is 22.5 Å². The molecule has 21 heavy (non-hydrogen) atoms. The zero-order valence-electron chi connectivity index (χ0n) is 12.5. The molecule has 0 radical (unpaired) electrons. The summed E-state index contributed by atoms with van der Waals surface area (Å²) in [4.78, 5) is 18.3. The molecule has 0 bridgehead atoms. The summed E-state index contributed by atoms with van der Waals surface area (Å²) in [6.45, 7) is 0.658. The second-order valence-electron chi connectivity index (χ2n) is 5.12. The monoisotopic (exact) mass is 283 g/mol. The molecule has 1 N–H and O–H groups in total. The topological polar surface area (TPSA) is 45.2 Å². The van der Waals surface area contributed by atoms with E-state index in [1.165, 1.54) is 0 Å². The second-order valence-corrected chi connectivity index (χ2v) is 5.12. The minimum absolute atomic E-state index is 0.0265. The number of carbonyl (C=O) groups excluding carboxylic acids is 1. The first-order chi connectivity index (χ1) is 10.2. The van der Waals surface area contributed by atoms with Gasteiger partial charge >= 0.3 is 0 Å². The number of aryl methyl sites for hydroxylation is 1. The van der Waals surface area contributed by atoms with Crippen molar-refractivity contribution in [2.24, 2.45) is 0 Å². The Labute approximate surface area is 125 Å². The molecular weight excluding hydrogens is 262 g/mol. The fourth-order valence-corrected chi connectivity index (χ4v) is 2.03. The molecule has 1 amide bonds. The predicted molar refractivity (Wildman–Crippen MR) is 85.7 cm³/mol. The van der Waals surface area contributed by atoms with Crippen molar-refractivity contribution in [2.75, 3.05) is 25.5 Å². The molecule has 1 aromatic carbocycles. The summed E-state index contributed by atoms with van der Waals surface area (Å²) in [7, 11) is 3.96. The first kappa shape index (κ1) is 15.0. The van der Waals surface area contributed by atoms with Gasteiger partial charge in [0.25, 0.3) is 5.91 Å². The Kier molecular flexibility index (Phi) is 5.32. The maximum atomic E-state index is 12.0. The highest BCUT2D eigenvalue weighted by Crippen LogP contribution is 2.12. The molecule has 0 aliphatic carbocycles. The number of nitrogens with zero attached hydrogens (tertiary/aromatic N) is 2. The molecule has 4 heteroatoms. The van der Waals surface area contributed by atoms with Crippen molar-refractivity contribution in [1.82, 2.24) is 10.3 Å². The molecule has 2 aromatic rings. The molecular formula is C17H21N3O. The molecule has 2 rings (SSSR count). The van der Waals surface area contributed by atoms with E-state index in [0.29, 0.717) is 12.1 Å². The Morgan fingerprint density at radius 3 is 2.52 bits per heavy atom. The van der Waals surface area contributed by atoms with Crippen molar-refractivity contribution < 1.29 is 4.79 Å². The van der Waals surface area contributed by atoms with Gasteiger partial charge in [-0.15, -0.1) is 0 Å². The van der Waals surface area contributed by atoms with Gasteiger partial charge in [0.1, 0.15) is 0 Å². The van der Waals surface area contributed by atoms with Gasteiger partial charge in [-0.05, 0) is 49.2 Å². The highest BCUT2D eigenvalue weighted by atomic mass is 16.1. The van der Waals surface area contributed by atoms with Gasteiger partial charge in [0.05, 0.1) is 0 Å². The number of carbonyl (C=O) groups is 1. The Morgan fingerprint density at radius 2 is 1.90 bits per heavy atom. The molecule has 0 aliphatic rings. The van der Waals surface area contributed by atoms with E-state index in [2.05, 4.69) is 10.3 Å². The largest absolute Gasteiger partial charge is 0.378 e. The van der Waals surface area contributed by atoms with Gasteiger partial charge in [0.15, 0.2) is 0 Å². The van der Waals surface area contributed by atoms with Crippen LogP contribution >= 0.6 is 0 Å². The number of rotatable bonds is 6. The number of pyridine rings is 1. The third-order valence-corrected chi connectivity index (χ3v) is 3.27. The lowest BCUT2D eigenvalue weighted by Gasteiger charge is -2.12. The zero-order chi connectivity index (χ0) is 15.1. The molecule has 0 saturated carbocycles. The summed E-state index contributed by atoms with van der Waals surface area (Å²) < 4.78 is 0. The van der Waals surface area contributed by atoms with Gasteiger partial charge in [-0.1, -0.05) is 6.07 Å². The molecule has 110 valence electrons. The third kappa shape index (κ3) is 4.60. The van der Waals surface area contributed by atoms with E-state index in [9.17, 15) is 4.79 Å². The summed E-state index contributed by atoms with van der Waals surface area (Å²) in [6.07, 6.45) is 3.55.